The Hall–Kier alpha value is -2.97. The van der Waals surface area contributed by atoms with Crippen molar-refractivity contribution < 1.29 is 39.7 Å². The molecule has 2 aromatic rings. The highest BCUT2D eigenvalue weighted by Crippen LogP contribution is 2.31. The van der Waals surface area contributed by atoms with E-state index in [-0.39, 0.29) is 37.5 Å². The zero-order chi connectivity index (χ0) is 24.8. The number of benzene rings is 1. The average Bonchev–Trinajstić information content (AvgIpc) is 3.37. The van der Waals surface area contributed by atoms with Gasteiger partial charge in [-0.05, 0) is 36.6 Å². The van der Waals surface area contributed by atoms with Gasteiger partial charge < -0.3 is 19.6 Å². The van der Waals surface area contributed by atoms with Crippen LogP contribution in [0.1, 0.15) is 25.1 Å². The summed E-state index contributed by atoms with van der Waals surface area (Å²) >= 11 is 0. The number of nitrogens with one attached hydrogen (secondary N) is 1. The van der Waals surface area contributed by atoms with Crippen LogP contribution in [0.4, 0.5) is 33.7 Å². The summed E-state index contributed by atoms with van der Waals surface area (Å²) in [5.74, 6) is -3.99. The summed E-state index contributed by atoms with van der Waals surface area (Å²) in [6, 6.07) is 0.00550. The predicted molar refractivity (Wildman–Crippen MR) is 108 cm³/mol. The molecule has 2 fully saturated rings. The number of halogens is 5. The summed E-state index contributed by atoms with van der Waals surface area (Å²) in [7, 11) is -3.81. The van der Waals surface area contributed by atoms with Crippen molar-refractivity contribution in [2.24, 2.45) is 0 Å². The van der Waals surface area contributed by atoms with E-state index in [9.17, 15) is 35.2 Å². The summed E-state index contributed by atoms with van der Waals surface area (Å²) in [6.07, 6.45) is -2.77. The summed E-state index contributed by atoms with van der Waals surface area (Å²) < 4.78 is 94.5. The molecule has 0 spiro atoms. The third kappa shape index (κ3) is 4.79. The normalized spacial score (nSPS) is 20.3. The van der Waals surface area contributed by atoms with Crippen molar-refractivity contribution in [2.75, 3.05) is 36.1 Å². The largest absolute Gasteiger partial charge is 0.455 e. The number of nitrogens with zero attached hydrogens (tertiary/aromatic N) is 4. The fraction of sp³-hybridized carbons (Fsp3) is 0.526. The number of anilines is 2. The number of hydrogen-bond donors (Lipinski definition) is 1. The Morgan fingerprint density at radius 1 is 1.09 bits per heavy atom. The predicted octanol–water partition coefficient (Wildman–Crippen LogP) is 2.45. The number of likely N-dealkylation sites (tertiary alicyclic amines) is 1. The highest BCUT2D eigenvalue weighted by atomic mass is 32.2. The van der Waals surface area contributed by atoms with Crippen LogP contribution in [-0.4, -0.2) is 67.3 Å². The lowest BCUT2D eigenvalue weighted by Crippen LogP contribution is -2.47. The number of sulfone groups is 1. The molecule has 4 rings (SSSR count). The minimum atomic E-state index is -4.71. The van der Waals surface area contributed by atoms with Gasteiger partial charge in [0.05, 0.1) is 4.90 Å². The van der Waals surface area contributed by atoms with E-state index in [0.717, 1.165) is 6.26 Å². The van der Waals surface area contributed by atoms with E-state index >= 15 is 0 Å². The Bertz CT molecular complexity index is 1170. The van der Waals surface area contributed by atoms with Crippen LogP contribution in [0.5, 0.6) is 0 Å². The van der Waals surface area contributed by atoms with Crippen LogP contribution in [-0.2, 0) is 20.8 Å². The summed E-state index contributed by atoms with van der Waals surface area (Å²) in [6.45, 7) is 0.884. The van der Waals surface area contributed by atoms with Gasteiger partial charge in [-0.1, -0.05) is 0 Å². The molecule has 9 nitrogen and oxygen atoms in total. The minimum Gasteiger partial charge on any atom is -0.369 e. The van der Waals surface area contributed by atoms with Crippen molar-refractivity contribution in [1.29, 1.82) is 0 Å². The molecule has 1 aromatic heterocycles. The lowest BCUT2D eigenvalue weighted by molar-refractivity contribution is -0.146. The fourth-order valence-corrected chi connectivity index (χ4v) is 4.74. The lowest BCUT2D eigenvalue weighted by Gasteiger charge is -2.36. The molecule has 0 bridgehead atoms. The number of hydrogen-bond acceptors (Lipinski definition) is 8. The van der Waals surface area contributed by atoms with Crippen LogP contribution in [0, 0.1) is 11.6 Å². The molecule has 1 N–H and O–H groups in total. The second-order valence-corrected chi connectivity index (χ2v) is 10.2. The third-order valence-electron chi connectivity index (χ3n) is 5.85. The van der Waals surface area contributed by atoms with Crippen LogP contribution >= 0.6 is 0 Å². The average molecular weight is 509 g/mol. The molecule has 0 unspecified atom stereocenters. The van der Waals surface area contributed by atoms with E-state index in [1.807, 2.05) is 0 Å². The van der Waals surface area contributed by atoms with Crippen LogP contribution in [0.2, 0.25) is 0 Å². The van der Waals surface area contributed by atoms with E-state index in [2.05, 4.69) is 15.5 Å². The molecule has 2 aliphatic rings. The molecular formula is C19H20F5N5O4S. The number of carbonyl (C=O) groups is 1. The number of aromatic nitrogens is 2. The van der Waals surface area contributed by atoms with Gasteiger partial charge in [0.25, 0.3) is 5.82 Å². The number of piperidine rings is 1. The fourth-order valence-electron chi connectivity index (χ4n) is 4.10. The van der Waals surface area contributed by atoms with Gasteiger partial charge in [0.15, 0.2) is 21.5 Å². The first-order valence-corrected chi connectivity index (χ1v) is 12.2. The first-order valence-electron chi connectivity index (χ1n) is 10.3. The van der Waals surface area contributed by atoms with Gasteiger partial charge in [-0.3, -0.25) is 4.79 Å². The maximum atomic E-state index is 14.4. The Kier molecular flexibility index (Phi) is 6.16. The number of rotatable bonds is 5. The summed E-state index contributed by atoms with van der Waals surface area (Å²) in [5.41, 5.74) is -0.584. The van der Waals surface area contributed by atoms with E-state index < -0.39 is 50.1 Å². The molecule has 34 heavy (non-hydrogen) atoms. The highest BCUT2D eigenvalue weighted by Gasteiger charge is 2.40. The molecule has 3 heterocycles. The van der Waals surface area contributed by atoms with Crippen molar-refractivity contribution in [3.8, 4) is 0 Å². The first kappa shape index (κ1) is 24.2. The second kappa shape index (κ2) is 8.67. The van der Waals surface area contributed by atoms with Crippen molar-refractivity contribution in [1.82, 2.24) is 15.0 Å². The lowest BCUT2D eigenvalue weighted by atomic mass is 10.0. The Balaban J connectivity index is 1.38. The molecule has 15 heteroatoms. The van der Waals surface area contributed by atoms with Gasteiger partial charge in [-0.15, -0.1) is 0 Å². The third-order valence-corrected chi connectivity index (χ3v) is 6.94. The molecule has 1 amide bonds. The van der Waals surface area contributed by atoms with Gasteiger partial charge in [0.2, 0.25) is 5.91 Å². The Morgan fingerprint density at radius 3 is 2.24 bits per heavy atom. The van der Waals surface area contributed by atoms with E-state index in [0.29, 0.717) is 31.5 Å². The molecule has 0 radical (unpaired) electrons. The quantitative estimate of drug-likeness (QED) is 0.613. The standard InChI is InChI=1S/C19H20F5N5O4S/c1-34(31,32)11-8-12(20)15(13(21)9-11)25-14-4-7-29(16(14)30)10-2-5-28(6-3-10)18-26-17(27-33-18)19(22,23)24/h8-10,14,25H,2-7H2,1H3/t14-/m0/s1. The molecule has 0 aliphatic carbocycles. The molecular weight excluding hydrogens is 489 g/mol. The summed E-state index contributed by atoms with van der Waals surface area (Å²) in [4.78, 5) is 18.8. The Morgan fingerprint density at radius 2 is 1.71 bits per heavy atom. The number of amides is 1. The second-order valence-electron chi connectivity index (χ2n) is 8.17. The van der Waals surface area contributed by atoms with Crippen molar-refractivity contribution in [3.63, 3.8) is 0 Å². The molecule has 0 saturated carbocycles. The van der Waals surface area contributed by atoms with E-state index in [1.54, 1.807) is 4.90 Å². The maximum Gasteiger partial charge on any atom is 0.455 e. The number of carbonyl (C=O) groups excluding carboxylic acids is 1. The molecule has 1 atom stereocenters. The van der Waals surface area contributed by atoms with E-state index in [4.69, 9.17) is 4.52 Å². The number of alkyl halides is 3. The van der Waals surface area contributed by atoms with Gasteiger partial charge in [-0.2, -0.15) is 18.2 Å². The van der Waals surface area contributed by atoms with Crippen LogP contribution in [0.25, 0.3) is 0 Å². The minimum absolute atomic E-state index is 0.220. The van der Waals surface area contributed by atoms with Crippen LogP contribution < -0.4 is 10.2 Å². The van der Waals surface area contributed by atoms with E-state index in [1.165, 1.54) is 4.90 Å². The van der Waals surface area contributed by atoms with Gasteiger partial charge >= 0.3 is 12.2 Å². The zero-order valence-electron chi connectivity index (χ0n) is 17.8. The Labute approximate surface area is 190 Å². The zero-order valence-corrected chi connectivity index (χ0v) is 18.6. The smallest absolute Gasteiger partial charge is 0.369 e. The SMILES string of the molecule is CS(=O)(=O)c1cc(F)c(N[C@H]2CCN(C3CCN(c4nc(C(F)(F)F)no4)CC3)C2=O)c(F)c1. The molecule has 186 valence electrons. The highest BCUT2D eigenvalue weighted by molar-refractivity contribution is 7.90. The first-order chi connectivity index (χ1) is 15.8. The van der Waals surface area contributed by atoms with Gasteiger partial charge in [0.1, 0.15) is 11.7 Å². The van der Waals surface area contributed by atoms with Crippen LogP contribution in [0.15, 0.2) is 21.6 Å². The summed E-state index contributed by atoms with van der Waals surface area (Å²) in [5, 5.41) is 5.47. The van der Waals surface area contributed by atoms with Crippen molar-refractivity contribution >= 4 is 27.4 Å². The van der Waals surface area contributed by atoms with Gasteiger partial charge in [0, 0.05) is 31.9 Å². The molecule has 1 aromatic carbocycles. The van der Waals surface area contributed by atoms with Crippen molar-refractivity contribution in [2.45, 2.75) is 42.4 Å². The monoisotopic (exact) mass is 509 g/mol. The molecule has 2 saturated heterocycles. The maximum absolute atomic E-state index is 14.4. The molecule has 2 aliphatic heterocycles. The van der Waals surface area contributed by atoms with Crippen molar-refractivity contribution in [3.05, 3.63) is 29.6 Å². The topological polar surface area (TPSA) is 109 Å². The van der Waals surface area contributed by atoms with Gasteiger partial charge in [-0.25, -0.2) is 17.2 Å². The van der Waals surface area contributed by atoms with Crippen LogP contribution in [0.3, 0.4) is 0 Å².